The molecule has 8 rings (SSSR count). The minimum Gasteiger partial charge on any atom is -0.497 e. The normalized spacial score (nSPS) is 10.5. The lowest BCUT2D eigenvalue weighted by Gasteiger charge is -2.07. The Hall–Kier alpha value is -4.51. The number of methoxy groups -OCH3 is 2. The van der Waals surface area contributed by atoms with Gasteiger partial charge in [-0.15, -0.1) is 11.3 Å². The van der Waals surface area contributed by atoms with Gasteiger partial charge in [0, 0.05) is 55.3 Å². The van der Waals surface area contributed by atoms with Crippen molar-refractivity contribution in [2.75, 3.05) is 31.9 Å². The van der Waals surface area contributed by atoms with Gasteiger partial charge in [0.05, 0.1) is 67.4 Å². The molecule has 16 heteroatoms. The van der Waals surface area contributed by atoms with E-state index in [4.69, 9.17) is 31.9 Å². The summed E-state index contributed by atoms with van der Waals surface area (Å²) >= 11 is 15.8. The van der Waals surface area contributed by atoms with Crippen LogP contribution in [0.4, 0.5) is 16.5 Å². The second kappa shape index (κ2) is 19.2. The van der Waals surface area contributed by atoms with E-state index in [0.717, 1.165) is 79.9 Å². The molecule has 0 unspecified atom stereocenters. The van der Waals surface area contributed by atoms with Crippen LogP contribution < -0.4 is 20.5 Å². The molecule has 11 nitrogen and oxygen atoms in total. The molecule has 0 atom stereocenters. The van der Waals surface area contributed by atoms with Gasteiger partial charge in [0.2, 0.25) is 0 Å². The zero-order valence-corrected chi connectivity index (χ0v) is 35.5. The number of benzene rings is 4. The SMILES string of the molecule is CCO.COc1ccc2sc(Cl)nc2c1.COc1ccc2sc(Nc3cccc(-c4c(Br)cnn4C)c3)nc2c1.Cn1ncc(Br)c1-c1cccc(N)c1. The topological polar surface area (TPSA) is 138 Å². The summed E-state index contributed by atoms with van der Waals surface area (Å²) in [7, 11) is 7.13. The van der Waals surface area contributed by atoms with E-state index in [1.807, 2.05) is 96.3 Å². The predicted octanol–water partition coefficient (Wildman–Crippen LogP) is 10.6. The minimum atomic E-state index is 0.250. The highest BCUT2D eigenvalue weighted by Gasteiger charge is 2.11. The lowest BCUT2D eigenvalue weighted by molar-refractivity contribution is 0.318. The van der Waals surface area contributed by atoms with Crippen LogP contribution in [0, 0.1) is 0 Å². The van der Waals surface area contributed by atoms with Gasteiger partial charge >= 0.3 is 0 Å². The van der Waals surface area contributed by atoms with Crippen LogP contribution in [-0.2, 0) is 14.1 Å². The fourth-order valence-corrected chi connectivity index (χ4v) is 8.15. The summed E-state index contributed by atoms with van der Waals surface area (Å²) < 4.78 is 18.7. The lowest BCUT2D eigenvalue weighted by atomic mass is 10.1. The summed E-state index contributed by atoms with van der Waals surface area (Å²) in [6.07, 6.45) is 3.58. The van der Waals surface area contributed by atoms with E-state index in [2.05, 4.69) is 69.5 Å². The number of hydrogen-bond donors (Lipinski definition) is 3. The van der Waals surface area contributed by atoms with Gasteiger partial charge in [0.25, 0.3) is 0 Å². The zero-order valence-electron chi connectivity index (χ0n) is 29.9. The summed E-state index contributed by atoms with van der Waals surface area (Å²) in [6.45, 7) is 1.93. The van der Waals surface area contributed by atoms with Crippen LogP contribution in [0.15, 0.2) is 106 Å². The molecule has 4 N–H and O–H groups in total. The third-order valence-corrected chi connectivity index (χ3v) is 10.8. The number of aromatic nitrogens is 6. The first-order valence-electron chi connectivity index (χ1n) is 16.3. The number of anilines is 3. The molecule has 0 bridgehead atoms. The lowest BCUT2D eigenvalue weighted by Crippen LogP contribution is -1.95. The summed E-state index contributed by atoms with van der Waals surface area (Å²) in [6, 6.07) is 27.6. The highest BCUT2D eigenvalue weighted by molar-refractivity contribution is 9.11. The molecule has 4 aromatic carbocycles. The van der Waals surface area contributed by atoms with Crippen molar-refractivity contribution in [3.63, 3.8) is 0 Å². The molecule has 0 aliphatic heterocycles. The molecule has 0 radical (unpaired) electrons. The smallest absolute Gasteiger partial charge is 0.188 e. The fraction of sp³-hybridized carbons (Fsp3) is 0.158. The van der Waals surface area contributed by atoms with Crippen molar-refractivity contribution in [1.82, 2.24) is 29.5 Å². The first-order chi connectivity index (χ1) is 26.0. The van der Waals surface area contributed by atoms with Crippen molar-refractivity contribution in [2.24, 2.45) is 14.1 Å². The number of halogens is 3. The Bertz CT molecular complexity index is 2430. The van der Waals surface area contributed by atoms with E-state index in [-0.39, 0.29) is 6.61 Å². The number of nitrogens with zero attached hydrogens (tertiary/aromatic N) is 6. The molecule has 54 heavy (non-hydrogen) atoms. The maximum absolute atomic E-state index is 7.57. The van der Waals surface area contributed by atoms with E-state index in [1.165, 1.54) is 11.3 Å². The number of aryl methyl sites for hydroxylation is 2. The maximum Gasteiger partial charge on any atom is 0.188 e. The van der Waals surface area contributed by atoms with Gasteiger partial charge in [-0.3, -0.25) is 9.36 Å². The number of aliphatic hydroxyl groups excluding tert-OH is 1. The Labute approximate surface area is 342 Å². The molecule has 4 heterocycles. The van der Waals surface area contributed by atoms with Crippen LogP contribution in [0.3, 0.4) is 0 Å². The van der Waals surface area contributed by atoms with Crippen LogP contribution in [0.1, 0.15) is 6.92 Å². The quantitative estimate of drug-likeness (QED) is 0.139. The van der Waals surface area contributed by atoms with Crippen molar-refractivity contribution in [1.29, 1.82) is 0 Å². The number of aliphatic hydroxyl groups is 1. The number of thiazole rings is 2. The number of hydrogen-bond acceptors (Lipinski definition) is 11. The number of nitrogens with one attached hydrogen (secondary N) is 1. The van der Waals surface area contributed by atoms with Gasteiger partial charge in [-0.2, -0.15) is 10.2 Å². The van der Waals surface area contributed by atoms with Crippen LogP contribution >= 0.6 is 66.1 Å². The number of fused-ring (bicyclic) bond motifs is 2. The maximum atomic E-state index is 7.57. The van der Waals surface area contributed by atoms with Crippen LogP contribution in [0.25, 0.3) is 42.9 Å². The molecular weight excluding hydrogens is 876 g/mol. The first-order valence-corrected chi connectivity index (χ1v) is 19.9. The second-order valence-corrected chi connectivity index (χ2v) is 15.6. The largest absolute Gasteiger partial charge is 0.497 e. The van der Waals surface area contributed by atoms with E-state index in [0.29, 0.717) is 4.47 Å². The van der Waals surface area contributed by atoms with E-state index >= 15 is 0 Å². The number of nitrogen functional groups attached to an aromatic ring is 1. The van der Waals surface area contributed by atoms with Crippen LogP contribution in [-0.4, -0.2) is 55.5 Å². The number of rotatable bonds is 6. The van der Waals surface area contributed by atoms with E-state index < -0.39 is 0 Å². The van der Waals surface area contributed by atoms with Gasteiger partial charge in [0.15, 0.2) is 9.60 Å². The molecule has 280 valence electrons. The van der Waals surface area contributed by atoms with Gasteiger partial charge in [-0.25, -0.2) is 9.97 Å². The summed E-state index contributed by atoms with van der Waals surface area (Å²) in [5.74, 6) is 1.62. The number of ether oxygens (including phenoxy) is 2. The van der Waals surface area contributed by atoms with E-state index in [9.17, 15) is 0 Å². The Kier molecular flexibility index (Phi) is 14.5. The highest BCUT2D eigenvalue weighted by atomic mass is 79.9. The average molecular weight is 913 g/mol. The Morgan fingerprint density at radius 1 is 0.759 bits per heavy atom. The van der Waals surface area contributed by atoms with Gasteiger partial charge in [-0.1, -0.05) is 47.2 Å². The fourth-order valence-electron chi connectivity index (χ4n) is 5.12. The van der Waals surface area contributed by atoms with Crippen molar-refractivity contribution in [3.8, 4) is 34.0 Å². The van der Waals surface area contributed by atoms with Crippen molar-refractivity contribution in [2.45, 2.75) is 6.92 Å². The first kappa shape index (κ1) is 40.7. The standard InChI is InChI=1S/C18H15BrN4OS.C10H10BrN3.C8H6ClNOS.C2H6O/c1-23-17(14(19)10-20-23)11-4-3-5-12(8-11)21-18-22-15-9-13(24-2)6-7-16(15)25-18;1-14-10(9(11)6-13-14)7-3-2-4-8(12)5-7;1-11-5-2-3-7-6(4-5)10-8(9)12-7;1-2-3/h3-10H,1-2H3,(H,21,22);2-6H,12H2,1H3;2-4H,1H3;3H,2H2,1H3. The van der Waals surface area contributed by atoms with Gasteiger partial charge < -0.3 is 25.6 Å². The predicted molar refractivity (Wildman–Crippen MR) is 230 cm³/mol. The van der Waals surface area contributed by atoms with Crippen molar-refractivity contribution in [3.05, 3.63) is 111 Å². The third kappa shape index (κ3) is 10.4. The molecular formula is C38H37Br2ClN8O3S2. The minimum absolute atomic E-state index is 0.250. The van der Waals surface area contributed by atoms with Crippen molar-refractivity contribution >= 4 is 103 Å². The Morgan fingerprint density at radius 2 is 1.28 bits per heavy atom. The summed E-state index contributed by atoms with van der Waals surface area (Å²) in [5.41, 5.74) is 13.5. The zero-order chi connectivity index (χ0) is 38.8. The molecule has 0 saturated carbocycles. The molecule has 0 spiro atoms. The molecule has 0 aliphatic carbocycles. The average Bonchev–Trinajstić information content (AvgIpc) is 3.92. The van der Waals surface area contributed by atoms with E-state index in [1.54, 1.807) is 44.9 Å². The highest BCUT2D eigenvalue weighted by Crippen LogP contribution is 2.34. The number of nitrogens with two attached hydrogens (primary N) is 1. The summed E-state index contributed by atoms with van der Waals surface area (Å²) in [5, 5.41) is 20.2. The monoisotopic (exact) mass is 910 g/mol. The molecule has 0 amide bonds. The third-order valence-electron chi connectivity index (χ3n) is 7.50. The van der Waals surface area contributed by atoms with Crippen LogP contribution in [0.2, 0.25) is 4.47 Å². The molecule has 0 saturated heterocycles. The molecule has 8 aromatic rings. The summed E-state index contributed by atoms with van der Waals surface area (Å²) in [4.78, 5) is 8.77. The van der Waals surface area contributed by atoms with Gasteiger partial charge in [0.1, 0.15) is 11.5 Å². The Balaban J connectivity index is 0.000000163. The Morgan fingerprint density at radius 3 is 1.80 bits per heavy atom. The molecule has 0 aliphatic rings. The van der Waals surface area contributed by atoms with Crippen molar-refractivity contribution < 1.29 is 14.6 Å². The molecule has 4 aromatic heterocycles. The second-order valence-electron chi connectivity index (χ2n) is 11.2. The van der Waals surface area contributed by atoms with Gasteiger partial charge in [-0.05, 0) is 87.3 Å². The van der Waals surface area contributed by atoms with Crippen LogP contribution in [0.5, 0.6) is 11.5 Å². The molecule has 0 fully saturated rings.